The van der Waals surface area contributed by atoms with Crippen LogP contribution in [0.1, 0.15) is 70.2 Å². The van der Waals surface area contributed by atoms with Gasteiger partial charge in [-0.25, -0.2) is 0 Å². The molecule has 2 N–H and O–H groups in total. The van der Waals surface area contributed by atoms with E-state index in [1.54, 1.807) is 7.11 Å². The first kappa shape index (κ1) is 15.4. The average molecular weight is 281 g/mol. The highest BCUT2D eigenvalue weighted by molar-refractivity contribution is 5.01. The molecule has 0 bridgehead atoms. The van der Waals surface area contributed by atoms with Crippen molar-refractivity contribution in [2.45, 2.75) is 58.5 Å². The second kappa shape index (κ2) is 6.22. The van der Waals surface area contributed by atoms with Gasteiger partial charge in [-0.1, -0.05) is 25.9 Å². The lowest BCUT2D eigenvalue weighted by molar-refractivity contribution is 0.00718. The van der Waals surface area contributed by atoms with Crippen molar-refractivity contribution < 1.29 is 9.26 Å². The third-order valence-electron chi connectivity index (χ3n) is 4.24. The number of hydrogen-bond donors (Lipinski definition) is 1. The van der Waals surface area contributed by atoms with Crippen LogP contribution < -0.4 is 5.73 Å². The first-order valence-corrected chi connectivity index (χ1v) is 7.52. The SMILES string of the molecule is COC(c1noc(C2CCC(CN)CC2)n1)C(C)(C)C. The van der Waals surface area contributed by atoms with Gasteiger partial charge in [0.05, 0.1) is 0 Å². The summed E-state index contributed by atoms with van der Waals surface area (Å²) in [5.74, 6) is 2.48. The summed E-state index contributed by atoms with van der Waals surface area (Å²) in [6.45, 7) is 7.13. The van der Waals surface area contributed by atoms with Gasteiger partial charge in [-0.2, -0.15) is 4.98 Å². The van der Waals surface area contributed by atoms with E-state index in [1.807, 2.05) is 0 Å². The van der Waals surface area contributed by atoms with Crippen molar-refractivity contribution >= 4 is 0 Å². The molecule has 0 saturated heterocycles. The van der Waals surface area contributed by atoms with Crippen molar-refractivity contribution in [2.75, 3.05) is 13.7 Å². The molecule has 114 valence electrons. The molecule has 1 unspecified atom stereocenters. The molecule has 1 aliphatic carbocycles. The summed E-state index contributed by atoms with van der Waals surface area (Å²) in [6.07, 6.45) is 4.37. The summed E-state index contributed by atoms with van der Waals surface area (Å²) in [4.78, 5) is 4.59. The molecule has 1 atom stereocenters. The Labute approximate surface area is 121 Å². The number of methoxy groups -OCH3 is 1. The van der Waals surface area contributed by atoms with E-state index in [4.69, 9.17) is 15.0 Å². The van der Waals surface area contributed by atoms with E-state index >= 15 is 0 Å². The third kappa shape index (κ3) is 3.38. The van der Waals surface area contributed by atoms with Crippen LogP contribution in [0.2, 0.25) is 0 Å². The molecule has 0 radical (unpaired) electrons. The van der Waals surface area contributed by atoms with Crippen molar-refractivity contribution in [3.8, 4) is 0 Å². The second-order valence-electron chi connectivity index (χ2n) is 6.93. The van der Waals surface area contributed by atoms with Gasteiger partial charge in [0.2, 0.25) is 11.7 Å². The van der Waals surface area contributed by atoms with Crippen LogP contribution in [0.3, 0.4) is 0 Å². The third-order valence-corrected chi connectivity index (χ3v) is 4.24. The lowest BCUT2D eigenvalue weighted by Gasteiger charge is -2.26. The fraction of sp³-hybridized carbons (Fsp3) is 0.867. The molecule has 0 spiro atoms. The summed E-state index contributed by atoms with van der Waals surface area (Å²) in [5, 5.41) is 4.13. The second-order valence-corrected chi connectivity index (χ2v) is 6.93. The zero-order chi connectivity index (χ0) is 14.8. The molecular formula is C15H27N3O2. The predicted octanol–water partition coefficient (Wildman–Crippen LogP) is 3.04. The largest absolute Gasteiger partial charge is 0.373 e. The quantitative estimate of drug-likeness (QED) is 0.918. The lowest BCUT2D eigenvalue weighted by atomic mass is 9.82. The van der Waals surface area contributed by atoms with Gasteiger partial charge in [0.15, 0.2) is 0 Å². The lowest BCUT2D eigenvalue weighted by Crippen LogP contribution is -2.22. The van der Waals surface area contributed by atoms with Crippen molar-refractivity contribution in [2.24, 2.45) is 17.1 Å². The van der Waals surface area contributed by atoms with Crippen molar-refractivity contribution in [1.29, 1.82) is 0 Å². The number of aromatic nitrogens is 2. The fourth-order valence-corrected chi connectivity index (χ4v) is 3.01. The highest BCUT2D eigenvalue weighted by Gasteiger charge is 2.32. The van der Waals surface area contributed by atoms with Crippen LogP contribution in [0.25, 0.3) is 0 Å². The highest BCUT2D eigenvalue weighted by Crippen LogP contribution is 2.37. The Morgan fingerprint density at radius 2 is 1.95 bits per heavy atom. The topological polar surface area (TPSA) is 74.2 Å². The Bertz CT molecular complexity index is 417. The number of ether oxygens (including phenoxy) is 1. The molecule has 1 aromatic rings. The van der Waals surface area contributed by atoms with Crippen LogP contribution in [0.15, 0.2) is 4.52 Å². The molecule has 1 fully saturated rings. The minimum Gasteiger partial charge on any atom is -0.373 e. The van der Waals surface area contributed by atoms with E-state index in [-0.39, 0.29) is 11.5 Å². The van der Waals surface area contributed by atoms with Crippen molar-refractivity contribution in [1.82, 2.24) is 10.1 Å². The van der Waals surface area contributed by atoms with E-state index in [2.05, 4.69) is 30.9 Å². The van der Waals surface area contributed by atoms with Crippen LogP contribution in [0, 0.1) is 11.3 Å². The maximum absolute atomic E-state index is 5.73. The fourth-order valence-electron chi connectivity index (χ4n) is 3.01. The maximum atomic E-state index is 5.73. The van der Waals surface area contributed by atoms with E-state index < -0.39 is 0 Å². The van der Waals surface area contributed by atoms with Crippen molar-refractivity contribution in [3.05, 3.63) is 11.7 Å². The molecule has 0 amide bonds. The zero-order valence-corrected chi connectivity index (χ0v) is 13.1. The van der Waals surface area contributed by atoms with E-state index in [1.165, 1.54) is 0 Å². The summed E-state index contributed by atoms with van der Waals surface area (Å²) in [7, 11) is 1.69. The van der Waals surface area contributed by atoms with Gasteiger partial charge in [0, 0.05) is 13.0 Å². The van der Waals surface area contributed by atoms with Crippen molar-refractivity contribution in [3.63, 3.8) is 0 Å². The van der Waals surface area contributed by atoms with Crippen LogP contribution in [-0.4, -0.2) is 23.8 Å². The standard InChI is InChI=1S/C15H27N3O2/c1-15(2,3)12(19-4)13-17-14(20-18-13)11-7-5-10(9-16)6-8-11/h10-12H,5-9,16H2,1-4H3. The molecule has 0 aromatic carbocycles. The van der Waals surface area contributed by atoms with Gasteiger partial charge in [0.25, 0.3) is 0 Å². The summed E-state index contributed by atoms with van der Waals surface area (Å²) < 4.78 is 11.0. The smallest absolute Gasteiger partial charge is 0.229 e. The number of rotatable bonds is 4. The Balaban J connectivity index is 2.06. The van der Waals surface area contributed by atoms with Crippen LogP contribution in [0.5, 0.6) is 0 Å². The van der Waals surface area contributed by atoms with Crippen LogP contribution in [-0.2, 0) is 4.74 Å². The minimum atomic E-state index is -0.139. The Morgan fingerprint density at radius 1 is 1.30 bits per heavy atom. The Hall–Kier alpha value is -0.940. The van der Waals surface area contributed by atoms with E-state index in [0.717, 1.165) is 38.1 Å². The molecule has 1 heterocycles. The average Bonchev–Trinajstić information content (AvgIpc) is 2.87. The number of hydrogen-bond acceptors (Lipinski definition) is 5. The minimum absolute atomic E-state index is 0.0485. The molecule has 1 aliphatic rings. The highest BCUT2D eigenvalue weighted by atomic mass is 16.5. The van der Waals surface area contributed by atoms with E-state index in [0.29, 0.717) is 17.7 Å². The Kier molecular flexibility index (Phi) is 4.81. The van der Waals surface area contributed by atoms with Gasteiger partial charge in [-0.3, -0.25) is 0 Å². The molecule has 5 heteroatoms. The normalized spacial score (nSPS) is 25.6. The molecule has 0 aliphatic heterocycles. The Morgan fingerprint density at radius 3 is 2.45 bits per heavy atom. The summed E-state index contributed by atoms with van der Waals surface area (Å²) in [6, 6.07) is 0. The van der Waals surface area contributed by atoms with Gasteiger partial charge >= 0.3 is 0 Å². The summed E-state index contributed by atoms with van der Waals surface area (Å²) in [5.41, 5.74) is 5.68. The maximum Gasteiger partial charge on any atom is 0.229 e. The number of nitrogens with zero attached hydrogens (tertiary/aromatic N) is 2. The summed E-state index contributed by atoms with van der Waals surface area (Å²) >= 11 is 0. The zero-order valence-electron chi connectivity index (χ0n) is 13.1. The molecule has 1 aromatic heterocycles. The first-order chi connectivity index (χ1) is 9.45. The monoisotopic (exact) mass is 281 g/mol. The van der Waals surface area contributed by atoms with Gasteiger partial charge < -0.3 is 15.0 Å². The van der Waals surface area contributed by atoms with Crippen LogP contribution in [0.4, 0.5) is 0 Å². The number of nitrogens with two attached hydrogens (primary N) is 1. The molecule has 5 nitrogen and oxygen atoms in total. The van der Waals surface area contributed by atoms with Crippen LogP contribution >= 0.6 is 0 Å². The molecular weight excluding hydrogens is 254 g/mol. The molecule has 20 heavy (non-hydrogen) atoms. The van der Waals surface area contributed by atoms with E-state index in [9.17, 15) is 0 Å². The van der Waals surface area contributed by atoms with Gasteiger partial charge in [-0.15, -0.1) is 0 Å². The molecule has 2 rings (SSSR count). The predicted molar refractivity (Wildman–Crippen MR) is 77.3 cm³/mol. The molecule has 1 saturated carbocycles. The van der Waals surface area contributed by atoms with Gasteiger partial charge in [0.1, 0.15) is 6.10 Å². The first-order valence-electron chi connectivity index (χ1n) is 7.52. The van der Waals surface area contributed by atoms with Gasteiger partial charge in [-0.05, 0) is 43.6 Å².